The average Bonchev–Trinajstić information content (AvgIpc) is 3.22. The molecule has 2 aromatic carbocycles. The molecule has 0 saturated carbocycles. The number of ether oxygens (including phenoxy) is 1. The molecule has 0 radical (unpaired) electrons. The van der Waals surface area contributed by atoms with E-state index in [0.29, 0.717) is 0 Å². The number of nitrogens with one attached hydrogen (secondary N) is 2. The summed E-state index contributed by atoms with van der Waals surface area (Å²) in [6, 6.07) is 14.1. The van der Waals surface area contributed by atoms with Crippen LogP contribution < -0.4 is 10.1 Å². The van der Waals surface area contributed by atoms with Gasteiger partial charge >= 0.3 is 0 Å². The summed E-state index contributed by atoms with van der Waals surface area (Å²) in [5.74, 6) is 1.58. The van der Waals surface area contributed by atoms with E-state index in [9.17, 15) is 0 Å². The van der Waals surface area contributed by atoms with Gasteiger partial charge < -0.3 is 10.1 Å². The SMILES string of the molecule is COc1cccc(C(C)Nc2cnc3cc(-c4cn[nH]c4)ccc3n2)c1.Cl. The third kappa shape index (κ3) is 4.01. The number of aromatic nitrogens is 4. The molecule has 0 bridgehead atoms. The van der Waals surface area contributed by atoms with Crippen molar-refractivity contribution >= 4 is 29.3 Å². The van der Waals surface area contributed by atoms with Gasteiger partial charge in [-0.25, -0.2) is 4.98 Å². The van der Waals surface area contributed by atoms with Crippen LogP contribution in [0.1, 0.15) is 18.5 Å². The molecule has 0 saturated heterocycles. The van der Waals surface area contributed by atoms with E-state index in [4.69, 9.17) is 4.74 Å². The molecular formula is C20H20ClN5O. The molecule has 0 aliphatic heterocycles. The van der Waals surface area contributed by atoms with Gasteiger partial charge in [0.1, 0.15) is 11.6 Å². The summed E-state index contributed by atoms with van der Waals surface area (Å²) in [4.78, 5) is 9.23. The first-order valence-corrected chi connectivity index (χ1v) is 8.39. The predicted molar refractivity (Wildman–Crippen MR) is 109 cm³/mol. The van der Waals surface area contributed by atoms with Crippen molar-refractivity contribution in [3.8, 4) is 16.9 Å². The minimum atomic E-state index is 0. The van der Waals surface area contributed by atoms with Crippen LogP contribution in [0, 0.1) is 0 Å². The van der Waals surface area contributed by atoms with E-state index in [2.05, 4.69) is 38.5 Å². The maximum atomic E-state index is 5.29. The van der Waals surface area contributed by atoms with Crippen LogP contribution in [0.3, 0.4) is 0 Å². The lowest BCUT2D eigenvalue weighted by Gasteiger charge is -2.16. The van der Waals surface area contributed by atoms with E-state index in [1.165, 1.54) is 0 Å². The Morgan fingerprint density at radius 3 is 2.70 bits per heavy atom. The van der Waals surface area contributed by atoms with Gasteiger partial charge in [0.15, 0.2) is 0 Å². The van der Waals surface area contributed by atoms with Gasteiger partial charge in [0.2, 0.25) is 0 Å². The van der Waals surface area contributed by atoms with Gasteiger partial charge in [0, 0.05) is 11.8 Å². The quantitative estimate of drug-likeness (QED) is 0.527. The number of aromatic amines is 1. The second kappa shape index (κ2) is 8.05. The highest BCUT2D eigenvalue weighted by Crippen LogP contribution is 2.25. The summed E-state index contributed by atoms with van der Waals surface area (Å²) in [7, 11) is 1.67. The highest BCUT2D eigenvalue weighted by molar-refractivity contribution is 5.85. The number of benzene rings is 2. The molecule has 27 heavy (non-hydrogen) atoms. The van der Waals surface area contributed by atoms with Gasteiger partial charge in [0.25, 0.3) is 0 Å². The fourth-order valence-electron chi connectivity index (χ4n) is 2.88. The predicted octanol–water partition coefficient (Wildman–Crippen LogP) is 4.62. The molecule has 4 rings (SSSR count). The smallest absolute Gasteiger partial charge is 0.145 e. The first kappa shape index (κ1) is 18.7. The number of fused-ring (bicyclic) bond motifs is 1. The number of hydrogen-bond acceptors (Lipinski definition) is 5. The zero-order valence-corrected chi connectivity index (χ0v) is 15.8. The third-order valence-electron chi connectivity index (χ3n) is 4.33. The molecule has 138 valence electrons. The molecule has 4 aromatic rings. The summed E-state index contributed by atoms with van der Waals surface area (Å²) < 4.78 is 5.29. The van der Waals surface area contributed by atoms with Crippen LogP contribution in [-0.4, -0.2) is 27.3 Å². The van der Waals surface area contributed by atoms with Crippen LogP contribution in [0.2, 0.25) is 0 Å². The molecule has 1 atom stereocenters. The van der Waals surface area contributed by atoms with E-state index in [1.807, 2.05) is 42.6 Å². The van der Waals surface area contributed by atoms with Crippen molar-refractivity contribution in [2.24, 2.45) is 0 Å². The normalized spacial score (nSPS) is 11.6. The van der Waals surface area contributed by atoms with Crippen LogP contribution in [0.5, 0.6) is 5.75 Å². The maximum Gasteiger partial charge on any atom is 0.145 e. The zero-order valence-electron chi connectivity index (χ0n) is 15.0. The Morgan fingerprint density at radius 1 is 1.04 bits per heavy atom. The minimum Gasteiger partial charge on any atom is -0.497 e. The Labute approximate surface area is 163 Å². The van der Waals surface area contributed by atoms with Gasteiger partial charge in [-0.15, -0.1) is 12.4 Å². The fourth-order valence-corrected chi connectivity index (χ4v) is 2.88. The average molecular weight is 382 g/mol. The first-order valence-electron chi connectivity index (χ1n) is 8.39. The van der Waals surface area contributed by atoms with Crippen LogP contribution in [0.15, 0.2) is 61.1 Å². The number of hydrogen-bond donors (Lipinski definition) is 2. The monoisotopic (exact) mass is 381 g/mol. The number of H-pyrrole nitrogens is 1. The Morgan fingerprint density at radius 2 is 1.93 bits per heavy atom. The summed E-state index contributed by atoms with van der Waals surface area (Å²) in [6.07, 6.45) is 5.42. The number of methoxy groups -OCH3 is 1. The second-order valence-electron chi connectivity index (χ2n) is 6.09. The van der Waals surface area contributed by atoms with Crippen molar-refractivity contribution in [1.29, 1.82) is 0 Å². The lowest BCUT2D eigenvalue weighted by Crippen LogP contribution is -2.08. The van der Waals surface area contributed by atoms with E-state index in [1.54, 1.807) is 19.5 Å². The highest BCUT2D eigenvalue weighted by Gasteiger charge is 2.09. The molecule has 0 fully saturated rings. The molecule has 2 heterocycles. The van der Waals surface area contributed by atoms with Crippen molar-refractivity contribution < 1.29 is 4.74 Å². The van der Waals surface area contributed by atoms with Gasteiger partial charge in [-0.1, -0.05) is 18.2 Å². The van der Waals surface area contributed by atoms with Gasteiger partial charge in [-0.05, 0) is 42.3 Å². The maximum absolute atomic E-state index is 5.29. The first-order chi connectivity index (χ1) is 12.7. The molecule has 2 aromatic heterocycles. The molecule has 0 spiro atoms. The van der Waals surface area contributed by atoms with Gasteiger partial charge in [0.05, 0.1) is 36.6 Å². The number of rotatable bonds is 5. The van der Waals surface area contributed by atoms with Crippen molar-refractivity contribution in [2.45, 2.75) is 13.0 Å². The Kier molecular flexibility index (Phi) is 5.57. The topological polar surface area (TPSA) is 75.7 Å². The Bertz CT molecular complexity index is 1040. The van der Waals surface area contributed by atoms with Crippen LogP contribution in [0.25, 0.3) is 22.2 Å². The van der Waals surface area contributed by atoms with Crippen molar-refractivity contribution in [3.63, 3.8) is 0 Å². The molecule has 0 aliphatic rings. The van der Waals surface area contributed by atoms with Crippen molar-refractivity contribution in [1.82, 2.24) is 20.2 Å². The lowest BCUT2D eigenvalue weighted by molar-refractivity contribution is 0.414. The molecule has 0 aliphatic carbocycles. The van der Waals surface area contributed by atoms with Gasteiger partial charge in [-0.2, -0.15) is 5.10 Å². The largest absolute Gasteiger partial charge is 0.497 e. The number of anilines is 1. The molecule has 2 N–H and O–H groups in total. The standard InChI is InChI=1S/C20H19N5O.ClH/c1-13(14-4-3-5-17(8-14)26-2)24-20-12-21-19-9-15(6-7-18(19)25-20)16-10-22-23-11-16;/h3-13H,1-2H3,(H,22,23)(H,24,25);1H. The summed E-state index contributed by atoms with van der Waals surface area (Å²) >= 11 is 0. The van der Waals surface area contributed by atoms with Crippen LogP contribution in [-0.2, 0) is 0 Å². The Hall–Kier alpha value is -3.12. The van der Waals surface area contributed by atoms with Gasteiger partial charge in [-0.3, -0.25) is 10.1 Å². The van der Waals surface area contributed by atoms with Crippen molar-refractivity contribution in [2.75, 3.05) is 12.4 Å². The van der Waals surface area contributed by atoms with Crippen LogP contribution in [0.4, 0.5) is 5.82 Å². The molecule has 6 nitrogen and oxygen atoms in total. The summed E-state index contributed by atoms with van der Waals surface area (Å²) in [6.45, 7) is 2.09. The minimum absolute atomic E-state index is 0. The van der Waals surface area contributed by atoms with E-state index in [-0.39, 0.29) is 18.4 Å². The molecule has 1 unspecified atom stereocenters. The van der Waals surface area contributed by atoms with E-state index >= 15 is 0 Å². The highest BCUT2D eigenvalue weighted by atomic mass is 35.5. The Balaban J connectivity index is 0.00000210. The summed E-state index contributed by atoms with van der Waals surface area (Å²) in [5.41, 5.74) is 4.92. The number of nitrogens with zero attached hydrogens (tertiary/aromatic N) is 3. The van der Waals surface area contributed by atoms with E-state index in [0.717, 1.165) is 39.3 Å². The van der Waals surface area contributed by atoms with Crippen LogP contribution >= 0.6 is 12.4 Å². The van der Waals surface area contributed by atoms with E-state index < -0.39 is 0 Å². The molecular weight excluding hydrogens is 362 g/mol. The fraction of sp³-hybridized carbons (Fsp3) is 0.150. The number of halogens is 1. The zero-order chi connectivity index (χ0) is 17.9. The summed E-state index contributed by atoms with van der Waals surface area (Å²) in [5, 5.41) is 10.2. The molecule has 0 amide bonds. The lowest BCUT2D eigenvalue weighted by atomic mass is 10.1. The second-order valence-corrected chi connectivity index (χ2v) is 6.09. The van der Waals surface area contributed by atoms with Crippen molar-refractivity contribution in [3.05, 3.63) is 66.6 Å². The third-order valence-corrected chi connectivity index (χ3v) is 4.33. The molecule has 7 heteroatoms.